The third kappa shape index (κ3) is 3.75. The lowest BCUT2D eigenvalue weighted by atomic mass is 10.0. The molecule has 1 saturated heterocycles. The first kappa shape index (κ1) is 15.7. The Kier molecular flexibility index (Phi) is 4.62. The first-order chi connectivity index (χ1) is 10.5. The second-order valence-electron chi connectivity index (χ2n) is 7.55. The van der Waals surface area contributed by atoms with E-state index in [0.717, 1.165) is 24.4 Å². The zero-order valence-corrected chi connectivity index (χ0v) is 14.3. The summed E-state index contributed by atoms with van der Waals surface area (Å²) in [5.41, 5.74) is 2.44. The van der Waals surface area contributed by atoms with Gasteiger partial charge in [0.1, 0.15) is 11.4 Å². The Morgan fingerprint density at radius 1 is 1.18 bits per heavy atom. The van der Waals surface area contributed by atoms with Crippen LogP contribution in [0.3, 0.4) is 0 Å². The monoisotopic (exact) mass is 302 g/mol. The number of ether oxygens (including phenoxy) is 1. The molecule has 0 spiro atoms. The second-order valence-corrected chi connectivity index (χ2v) is 7.55. The molecule has 1 fully saturated rings. The van der Waals surface area contributed by atoms with Crippen LogP contribution in [0.4, 0.5) is 5.69 Å². The van der Waals surface area contributed by atoms with Crippen LogP contribution in [-0.2, 0) is 6.42 Å². The predicted octanol–water partition coefficient (Wildman–Crippen LogP) is 4.08. The van der Waals surface area contributed by atoms with Gasteiger partial charge in [0.05, 0.1) is 12.2 Å². The number of fused-ring (bicyclic) bond motifs is 1. The van der Waals surface area contributed by atoms with Crippen molar-refractivity contribution < 1.29 is 4.74 Å². The van der Waals surface area contributed by atoms with E-state index in [1.165, 1.54) is 44.3 Å². The van der Waals surface area contributed by atoms with Crippen LogP contribution in [0, 0.1) is 0 Å². The third-order valence-electron chi connectivity index (χ3n) is 4.93. The van der Waals surface area contributed by atoms with E-state index in [-0.39, 0.29) is 5.60 Å². The lowest BCUT2D eigenvalue weighted by molar-refractivity contribution is 0.116. The van der Waals surface area contributed by atoms with Crippen molar-refractivity contribution in [2.75, 3.05) is 25.0 Å². The molecule has 2 aliphatic heterocycles. The van der Waals surface area contributed by atoms with E-state index in [9.17, 15) is 0 Å². The molecule has 2 aliphatic rings. The molecule has 122 valence electrons. The molecule has 0 amide bonds. The second kappa shape index (κ2) is 6.49. The quantitative estimate of drug-likeness (QED) is 0.910. The third-order valence-corrected chi connectivity index (χ3v) is 4.93. The first-order valence-corrected chi connectivity index (χ1v) is 8.83. The van der Waals surface area contributed by atoms with Gasteiger partial charge in [0.2, 0.25) is 0 Å². The molecule has 0 aliphatic carbocycles. The predicted molar refractivity (Wildman–Crippen MR) is 92.8 cm³/mol. The van der Waals surface area contributed by atoms with E-state index in [2.05, 4.69) is 49.2 Å². The maximum Gasteiger partial charge on any atom is 0.143 e. The normalized spacial score (nSPS) is 22.9. The van der Waals surface area contributed by atoms with Crippen molar-refractivity contribution in [1.82, 2.24) is 4.90 Å². The lowest BCUT2D eigenvalue weighted by Gasteiger charge is -2.34. The van der Waals surface area contributed by atoms with E-state index in [4.69, 9.17) is 4.74 Å². The summed E-state index contributed by atoms with van der Waals surface area (Å²) in [6.07, 6.45) is 6.65. The topological polar surface area (TPSA) is 24.5 Å². The Labute approximate surface area is 135 Å². The first-order valence-electron chi connectivity index (χ1n) is 8.83. The number of rotatable bonds is 3. The Morgan fingerprint density at radius 3 is 2.64 bits per heavy atom. The van der Waals surface area contributed by atoms with Gasteiger partial charge in [-0.05, 0) is 70.8 Å². The van der Waals surface area contributed by atoms with Crippen LogP contribution >= 0.6 is 0 Å². The number of nitrogens with zero attached hydrogens (tertiary/aromatic N) is 1. The van der Waals surface area contributed by atoms with E-state index in [1.807, 2.05) is 0 Å². The molecule has 22 heavy (non-hydrogen) atoms. The van der Waals surface area contributed by atoms with Gasteiger partial charge in [-0.15, -0.1) is 0 Å². The molecule has 3 heteroatoms. The number of benzene rings is 1. The molecule has 0 aromatic heterocycles. The van der Waals surface area contributed by atoms with Gasteiger partial charge >= 0.3 is 0 Å². The molecule has 1 N–H and O–H groups in total. The average Bonchev–Trinajstić information content (AvgIpc) is 2.76. The summed E-state index contributed by atoms with van der Waals surface area (Å²) in [6.45, 7) is 10.0. The molecule has 1 aromatic rings. The van der Waals surface area contributed by atoms with E-state index < -0.39 is 0 Å². The largest absolute Gasteiger partial charge is 0.484 e. The fourth-order valence-corrected chi connectivity index (χ4v) is 3.58. The number of hydrogen-bond acceptors (Lipinski definition) is 3. The summed E-state index contributed by atoms with van der Waals surface area (Å²) < 4.78 is 6.04. The summed E-state index contributed by atoms with van der Waals surface area (Å²) in [5, 5.41) is 3.52. The Bertz CT molecular complexity index is 504. The molecule has 0 saturated carbocycles. The number of hydrogen-bond donors (Lipinski definition) is 1. The summed E-state index contributed by atoms with van der Waals surface area (Å²) in [6, 6.07) is 7.26. The number of nitrogens with one attached hydrogen (secondary N) is 1. The minimum Gasteiger partial charge on any atom is -0.484 e. The van der Waals surface area contributed by atoms with Crippen LogP contribution < -0.4 is 10.1 Å². The molecule has 0 radical (unpaired) electrons. The van der Waals surface area contributed by atoms with Gasteiger partial charge in [-0.2, -0.15) is 0 Å². The van der Waals surface area contributed by atoms with Gasteiger partial charge < -0.3 is 15.0 Å². The van der Waals surface area contributed by atoms with Gasteiger partial charge in [-0.25, -0.2) is 0 Å². The zero-order valence-electron chi connectivity index (χ0n) is 14.3. The summed E-state index contributed by atoms with van der Waals surface area (Å²) in [5.74, 6) is 0.988. The Hall–Kier alpha value is -1.22. The highest BCUT2D eigenvalue weighted by Gasteiger charge is 2.26. The highest BCUT2D eigenvalue weighted by atomic mass is 16.5. The van der Waals surface area contributed by atoms with Crippen molar-refractivity contribution in [2.45, 2.75) is 64.5 Å². The summed E-state index contributed by atoms with van der Waals surface area (Å²) in [4.78, 5) is 2.67. The van der Waals surface area contributed by atoms with Crippen molar-refractivity contribution in [2.24, 2.45) is 0 Å². The van der Waals surface area contributed by atoms with E-state index in [0.29, 0.717) is 6.04 Å². The number of likely N-dealkylation sites (tertiary alicyclic amines) is 1. The fourth-order valence-electron chi connectivity index (χ4n) is 3.58. The van der Waals surface area contributed by atoms with Crippen molar-refractivity contribution in [3.63, 3.8) is 0 Å². The van der Waals surface area contributed by atoms with Gasteiger partial charge in [0, 0.05) is 6.04 Å². The summed E-state index contributed by atoms with van der Waals surface area (Å²) in [7, 11) is 0. The van der Waals surface area contributed by atoms with Crippen LogP contribution in [-0.4, -0.2) is 36.2 Å². The van der Waals surface area contributed by atoms with Gasteiger partial charge in [-0.3, -0.25) is 0 Å². The minimum absolute atomic E-state index is 0.117. The molecular weight excluding hydrogens is 272 g/mol. The van der Waals surface area contributed by atoms with Gasteiger partial charge in [-0.1, -0.05) is 18.9 Å². The molecule has 2 heterocycles. The maximum absolute atomic E-state index is 6.04. The smallest absolute Gasteiger partial charge is 0.143 e. The van der Waals surface area contributed by atoms with Crippen LogP contribution in [0.25, 0.3) is 0 Å². The Balaban J connectivity index is 1.65. The van der Waals surface area contributed by atoms with Crippen LogP contribution in [0.2, 0.25) is 0 Å². The fraction of sp³-hybridized carbons (Fsp3) is 0.684. The van der Waals surface area contributed by atoms with Crippen LogP contribution in [0.1, 0.15) is 52.0 Å². The zero-order chi connectivity index (χ0) is 15.6. The van der Waals surface area contributed by atoms with E-state index >= 15 is 0 Å². The van der Waals surface area contributed by atoms with Gasteiger partial charge in [0.15, 0.2) is 0 Å². The Morgan fingerprint density at radius 2 is 1.91 bits per heavy atom. The summed E-state index contributed by atoms with van der Waals surface area (Å²) >= 11 is 0. The lowest BCUT2D eigenvalue weighted by Crippen LogP contribution is -2.40. The molecule has 3 rings (SSSR count). The molecule has 1 atom stereocenters. The van der Waals surface area contributed by atoms with Crippen molar-refractivity contribution in [3.8, 4) is 5.75 Å². The van der Waals surface area contributed by atoms with Crippen molar-refractivity contribution >= 4 is 5.69 Å². The number of anilines is 1. The van der Waals surface area contributed by atoms with Crippen molar-refractivity contribution in [3.05, 3.63) is 23.8 Å². The molecular formula is C19H30N2O. The molecule has 1 unspecified atom stereocenters. The minimum atomic E-state index is -0.117. The highest BCUT2D eigenvalue weighted by Crippen LogP contribution is 2.33. The van der Waals surface area contributed by atoms with Crippen molar-refractivity contribution in [1.29, 1.82) is 0 Å². The SMILES string of the molecule is CC(Cc1ccc2c(c1)NCC(C)(C)O2)N1CCCCCC1. The van der Waals surface area contributed by atoms with Crippen LogP contribution in [0.5, 0.6) is 5.75 Å². The van der Waals surface area contributed by atoms with Gasteiger partial charge in [0.25, 0.3) is 0 Å². The molecule has 0 bridgehead atoms. The van der Waals surface area contributed by atoms with E-state index in [1.54, 1.807) is 0 Å². The highest BCUT2D eigenvalue weighted by molar-refractivity contribution is 5.60. The average molecular weight is 302 g/mol. The molecule has 1 aromatic carbocycles. The van der Waals surface area contributed by atoms with Crippen LogP contribution in [0.15, 0.2) is 18.2 Å². The standard InChI is InChI=1S/C19H30N2O/c1-15(21-10-6-4-5-7-11-21)12-16-8-9-18-17(13-16)20-14-19(2,3)22-18/h8-9,13,15,20H,4-7,10-12,14H2,1-3H3. The maximum atomic E-state index is 6.04. The molecule has 3 nitrogen and oxygen atoms in total.